The summed E-state index contributed by atoms with van der Waals surface area (Å²) in [5.74, 6) is 0.637. The van der Waals surface area contributed by atoms with E-state index in [1.165, 1.54) is 35.3 Å². The molecular formula is C14H14OS. The van der Waals surface area contributed by atoms with Crippen molar-refractivity contribution in [3.63, 3.8) is 0 Å². The summed E-state index contributed by atoms with van der Waals surface area (Å²) in [7, 11) is 0. The fourth-order valence-electron chi connectivity index (χ4n) is 2.70. The summed E-state index contributed by atoms with van der Waals surface area (Å²) < 4.78 is 1.26. The van der Waals surface area contributed by atoms with Crippen LogP contribution in [-0.2, 0) is 0 Å². The maximum absolute atomic E-state index is 11.3. The van der Waals surface area contributed by atoms with Gasteiger partial charge in [0.2, 0.25) is 0 Å². The zero-order valence-electron chi connectivity index (χ0n) is 9.11. The molecule has 1 aliphatic carbocycles. The monoisotopic (exact) mass is 230 g/mol. The van der Waals surface area contributed by atoms with Crippen LogP contribution < -0.4 is 0 Å². The van der Waals surface area contributed by atoms with Crippen molar-refractivity contribution >= 4 is 27.7 Å². The van der Waals surface area contributed by atoms with E-state index >= 15 is 0 Å². The summed E-state index contributed by atoms with van der Waals surface area (Å²) in [5, 5.41) is 1.14. The molecule has 2 heteroatoms. The molecule has 82 valence electrons. The number of hydrogen-bond donors (Lipinski definition) is 0. The molecule has 0 spiro atoms. The van der Waals surface area contributed by atoms with Crippen molar-refractivity contribution in [1.29, 1.82) is 0 Å². The Labute approximate surface area is 99.1 Å². The van der Waals surface area contributed by atoms with E-state index in [0.29, 0.717) is 5.92 Å². The number of rotatable bonds is 2. The predicted octanol–water partition coefficient (Wildman–Crippen LogP) is 4.37. The largest absolute Gasteiger partial charge is 0.298 e. The van der Waals surface area contributed by atoms with Crippen LogP contribution in [0.1, 0.15) is 46.8 Å². The lowest BCUT2D eigenvalue weighted by Crippen LogP contribution is -1.92. The van der Waals surface area contributed by atoms with Crippen molar-refractivity contribution in [3.8, 4) is 0 Å². The molecule has 1 nitrogen and oxygen atoms in total. The zero-order valence-corrected chi connectivity index (χ0v) is 9.93. The number of benzene rings is 1. The van der Waals surface area contributed by atoms with Gasteiger partial charge in [0, 0.05) is 20.5 Å². The van der Waals surface area contributed by atoms with Crippen LogP contribution in [-0.4, -0.2) is 6.29 Å². The van der Waals surface area contributed by atoms with Crippen molar-refractivity contribution in [2.75, 3.05) is 0 Å². The van der Waals surface area contributed by atoms with E-state index in [9.17, 15) is 4.79 Å². The molecule has 0 atom stereocenters. The van der Waals surface area contributed by atoms with Crippen LogP contribution in [0.5, 0.6) is 0 Å². The molecule has 1 saturated carbocycles. The van der Waals surface area contributed by atoms with Gasteiger partial charge in [-0.25, -0.2) is 0 Å². The maximum Gasteiger partial charge on any atom is 0.151 e. The minimum absolute atomic E-state index is 0.637. The molecule has 2 aromatic rings. The second-order valence-electron chi connectivity index (χ2n) is 4.48. The summed E-state index contributed by atoms with van der Waals surface area (Å²) in [4.78, 5) is 12.6. The Morgan fingerprint density at radius 3 is 2.69 bits per heavy atom. The Morgan fingerprint density at radius 2 is 1.94 bits per heavy atom. The Balaban J connectivity index is 2.19. The number of hydrogen-bond acceptors (Lipinski definition) is 2. The predicted molar refractivity (Wildman–Crippen MR) is 68.4 cm³/mol. The first-order valence-corrected chi connectivity index (χ1v) is 6.68. The van der Waals surface area contributed by atoms with Crippen molar-refractivity contribution in [1.82, 2.24) is 0 Å². The average molecular weight is 230 g/mol. The second kappa shape index (κ2) is 4.02. The average Bonchev–Trinajstić information content (AvgIpc) is 2.95. The quantitative estimate of drug-likeness (QED) is 0.700. The summed E-state index contributed by atoms with van der Waals surface area (Å²) in [5.41, 5.74) is 0.951. The molecule has 0 radical (unpaired) electrons. The van der Waals surface area contributed by atoms with Gasteiger partial charge in [0.15, 0.2) is 6.29 Å². The smallest absolute Gasteiger partial charge is 0.151 e. The van der Waals surface area contributed by atoms with Crippen LogP contribution in [0.3, 0.4) is 0 Å². The van der Waals surface area contributed by atoms with Gasteiger partial charge < -0.3 is 0 Å². The molecule has 0 saturated heterocycles. The molecule has 0 amide bonds. The van der Waals surface area contributed by atoms with Gasteiger partial charge in [-0.05, 0) is 24.8 Å². The fraction of sp³-hybridized carbons (Fsp3) is 0.357. The van der Waals surface area contributed by atoms with Crippen LogP contribution in [0.2, 0.25) is 0 Å². The summed E-state index contributed by atoms with van der Waals surface area (Å²) in [6.45, 7) is 0. The van der Waals surface area contributed by atoms with Crippen molar-refractivity contribution < 1.29 is 4.79 Å². The fourth-order valence-corrected chi connectivity index (χ4v) is 4.04. The molecule has 0 unspecified atom stereocenters. The van der Waals surface area contributed by atoms with Crippen LogP contribution in [0, 0.1) is 0 Å². The Hall–Kier alpha value is -1.15. The highest BCUT2D eigenvalue weighted by atomic mass is 32.1. The SMILES string of the molecule is O=Cc1c(C2CCCC2)sc2ccccc12. The van der Waals surface area contributed by atoms with E-state index in [4.69, 9.17) is 0 Å². The highest BCUT2D eigenvalue weighted by Gasteiger charge is 2.23. The van der Waals surface area contributed by atoms with E-state index in [0.717, 1.165) is 17.2 Å². The summed E-state index contributed by atoms with van der Waals surface area (Å²) in [6.07, 6.45) is 6.20. The zero-order chi connectivity index (χ0) is 11.0. The first kappa shape index (κ1) is 10.0. The van der Waals surface area contributed by atoms with E-state index in [-0.39, 0.29) is 0 Å². The third kappa shape index (κ3) is 1.49. The molecular weight excluding hydrogens is 216 g/mol. The lowest BCUT2D eigenvalue weighted by atomic mass is 10.0. The normalized spacial score (nSPS) is 17.0. The molecule has 0 aliphatic heterocycles. The molecule has 3 rings (SSSR count). The van der Waals surface area contributed by atoms with Crippen LogP contribution in [0.4, 0.5) is 0 Å². The molecule has 1 aromatic carbocycles. The first-order chi connectivity index (χ1) is 7.90. The standard InChI is InChI=1S/C14H14OS/c15-9-12-11-7-3-4-8-13(11)16-14(12)10-5-1-2-6-10/h3-4,7-10H,1-2,5-6H2. The third-order valence-corrected chi connectivity index (χ3v) is 4.86. The maximum atomic E-state index is 11.3. The number of fused-ring (bicyclic) bond motifs is 1. The van der Waals surface area contributed by atoms with Crippen LogP contribution >= 0.6 is 11.3 Å². The number of carbonyl (C=O) groups excluding carboxylic acids is 1. The summed E-state index contributed by atoms with van der Waals surface area (Å²) >= 11 is 1.81. The second-order valence-corrected chi connectivity index (χ2v) is 5.56. The van der Waals surface area contributed by atoms with Gasteiger partial charge in [-0.15, -0.1) is 11.3 Å². The number of aldehydes is 1. The Bertz CT molecular complexity index is 521. The lowest BCUT2D eigenvalue weighted by molar-refractivity contribution is 0.112. The van der Waals surface area contributed by atoms with Crippen LogP contribution in [0.25, 0.3) is 10.1 Å². The lowest BCUT2D eigenvalue weighted by Gasteiger charge is -2.06. The molecule has 1 fully saturated rings. The first-order valence-electron chi connectivity index (χ1n) is 5.87. The van der Waals surface area contributed by atoms with Crippen molar-refractivity contribution in [3.05, 3.63) is 34.7 Å². The van der Waals surface area contributed by atoms with Gasteiger partial charge >= 0.3 is 0 Å². The van der Waals surface area contributed by atoms with E-state index < -0.39 is 0 Å². The van der Waals surface area contributed by atoms with Gasteiger partial charge in [-0.1, -0.05) is 31.0 Å². The van der Waals surface area contributed by atoms with Crippen molar-refractivity contribution in [2.45, 2.75) is 31.6 Å². The molecule has 1 heterocycles. The Kier molecular flexibility index (Phi) is 2.52. The van der Waals surface area contributed by atoms with Gasteiger partial charge in [0.05, 0.1) is 0 Å². The third-order valence-electron chi connectivity index (χ3n) is 3.51. The molecule has 1 aromatic heterocycles. The van der Waals surface area contributed by atoms with E-state index in [2.05, 4.69) is 12.1 Å². The van der Waals surface area contributed by atoms with Crippen LogP contribution in [0.15, 0.2) is 24.3 Å². The van der Waals surface area contributed by atoms with Crippen molar-refractivity contribution in [2.24, 2.45) is 0 Å². The highest BCUT2D eigenvalue weighted by molar-refractivity contribution is 7.19. The molecule has 16 heavy (non-hydrogen) atoms. The number of thiophene rings is 1. The molecule has 0 bridgehead atoms. The van der Waals surface area contributed by atoms with Gasteiger partial charge in [0.1, 0.15) is 0 Å². The highest BCUT2D eigenvalue weighted by Crippen LogP contribution is 2.42. The van der Waals surface area contributed by atoms with Gasteiger partial charge in [0.25, 0.3) is 0 Å². The van der Waals surface area contributed by atoms with Gasteiger partial charge in [-0.3, -0.25) is 4.79 Å². The van der Waals surface area contributed by atoms with E-state index in [1.54, 1.807) is 0 Å². The minimum atomic E-state index is 0.637. The summed E-state index contributed by atoms with van der Waals surface area (Å²) in [6, 6.07) is 8.24. The van der Waals surface area contributed by atoms with Gasteiger partial charge in [-0.2, -0.15) is 0 Å². The molecule has 0 N–H and O–H groups in total. The Morgan fingerprint density at radius 1 is 1.19 bits per heavy atom. The topological polar surface area (TPSA) is 17.1 Å². The molecule has 1 aliphatic rings. The number of carbonyl (C=O) groups is 1. The minimum Gasteiger partial charge on any atom is -0.298 e. The van der Waals surface area contributed by atoms with E-state index in [1.807, 2.05) is 23.5 Å².